The molecule has 5 rings (SSSR count). The van der Waals surface area contributed by atoms with Crippen LogP contribution in [-0.2, 0) is 26.0 Å². The summed E-state index contributed by atoms with van der Waals surface area (Å²) >= 11 is 0. The van der Waals surface area contributed by atoms with Crippen molar-refractivity contribution in [3.63, 3.8) is 0 Å². The molecule has 222 valence electrons. The van der Waals surface area contributed by atoms with Gasteiger partial charge in [0.05, 0.1) is 30.7 Å². The van der Waals surface area contributed by atoms with Gasteiger partial charge in [-0.15, -0.1) is 0 Å². The smallest absolute Gasteiger partial charge is 0.229 e. The van der Waals surface area contributed by atoms with Crippen LogP contribution in [0.2, 0.25) is 0 Å². The number of ether oxygens (including phenoxy) is 2. The first-order valence-electron chi connectivity index (χ1n) is 14.4. The number of hydrogen-bond donors (Lipinski definition) is 3. The number of rotatable bonds is 12. The Bertz CT molecular complexity index is 1400. The van der Waals surface area contributed by atoms with Gasteiger partial charge in [-0.2, -0.15) is 4.98 Å². The van der Waals surface area contributed by atoms with Crippen LogP contribution in [0.3, 0.4) is 0 Å². The molecular weight excluding hydrogens is 540 g/mol. The minimum Gasteiger partial charge on any atom is -0.379 e. The standard InChI is InChI=1S/C30H42N6O4S/c1-21-17-24(20-32-41(37,38)26-6-7-26)5-8-27(21)34-28-22(2)19-31-29(35-28)33-25-9-10-30(4,23(3)18-25)40-16-13-36-11-14-39-15-12-36/h5,8-10,17-19,23,26,32H,6-7,11-16,20H2,1-4H3,(H2,31,33,34,35). The summed E-state index contributed by atoms with van der Waals surface area (Å²) < 4.78 is 38.8. The number of hydrogen-bond acceptors (Lipinski definition) is 9. The molecule has 10 nitrogen and oxygen atoms in total. The maximum absolute atomic E-state index is 12.2. The van der Waals surface area contributed by atoms with Crippen LogP contribution in [0.1, 0.15) is 43.4 Å². The summed E-state index contributed by atoms with van der Waals surface area (Å²) in [6, 6.07) is 5.88. The molecule has 0 radical (unpaired) electrons. The van der Waals surface area contributed by atoms with Crippen molar-refractivity contribution >= 4 is 27.5 Å². The summed E-state index contributed by atoms with van der Waals surface area (Å²) in [6.07, 6.45) is 9.60. The Labute approximate surface area is 243 Å². The van der Waals surface area contributed by atoms with Gasteiger partial charge in [0.1, 0.15) is 5.82 Å². The van der Waals surface area contributed by atoms with E-state index in [1.807, 2.05) is 38.1 Å². The number of nitrogens with zero attached hydrogens (tertiary/aromatic N) is 3. The molecule has 1 saturated heterocycles. The quantitative estimate of drug-likeness (QED) is 0.341. The highest BCUT2D eigenvalue weighted by Gasteiger charge is 2.35. The van der Waals surface area contributed by atoms with Gasteiger partial charge >= 0.3 is 0 Å². The number of sulfonamides is 1. The fourth-order valence-electron chi connectivity index (χ4n) is 4.92. The van der Waals surface area contributed by atoms with E-state index < -0.39 is 10.0 Å². The first-order chi connectivity index (χ1) is 19.6. The topological polar surface area (TPSA) is 118 Å². The zero-order valence-corrected chi connectivity index (χ0v) is 25.3. The maximum atomic E-state index is 12.2. The van der Waals surface area contributed by atoms with E-state index in [0.29, 0.717) is 24.9 Å². The summed E-state index contributed by atoms with van der Waals surface area (Å²) in [4.78, 5) is 11.6. The minimum absolute atomic E-state index is 0.164. The lowest BCUT2D eigenvalue weighted by Gasteiger charge is -2.35. The van der Waals surface area contributed by atoms with Gasteiger partial charge in [-0.05, 0) is 56.9 Å². The summed E-state index contributed by atoms with van der Waals surface area (Å²) in [7, 11) is -3.21. The lowest BCUT2D eigenvalue weighted by molar-refractivity contribution is -0.0404. The van der Waals surface area contributed by atoms with Crippen molar-refractivity contribution in [3.8, 4) is 0 Å². The largest absolute Gasteiger partial charge is 0.379 e. The van der Waals surface area contributed by atoms with Gasteiger partial charge in [0.2, 0.25) is 16.0 Å². The third-order valence-electron chi connectivity index (χ3n) is 8.06. The van der Waals surface area contributed by atoms with Crippen LogP contribution >= 0.6 is 0 Å². The maximum Gasteiger partial charge on any atom is 0.229 e. The van der Waals surface area contributed by atoms with E-state index >= 15 is 0 Å². The summed E-state index contributed by atoms with van der Waals surface area (Å²) in [5.74, 6) is 1.37. The van der Waals surface area contributed by atoms with E-state index in [0.717, 1.165) is 73.8 Å². The first-order valence-corrected chi connectivity index (χ1v) is 16.0. The number of morpholine rings is 1. The molecule has 3 aliphatic rings. The van der Waals surface area contributed by atoms with E-state index in [-0.39, 0.29) is 16.8 Å². The van der Waals surface area contributed by atoms with Crippen LogP contribution in [0, 0.1) is 19.8 Å². The van der Waals surface area contributed by atoms with E-state index in [1.54, 1.807) is 6.20 Å². The molecule has 2 aromatic rings. The molecule has 2 fully saturated rings. The van der Waals surface area contributed by atoms with Gasteiger partial charge in [-0.1, -0.05) is 31.2 Å². The highest BCUT2D eigenvalue weighted by Crippen LogP contribution is 2.31. The lowest BCUT2D eigenvalue weighted by Crippen LogP contribution is -2.41. The van der Waals surface area contributed by atoms with Crippen molar-refractivity contribution in [1.29, 1.82) is 0 Å². The van der Waals surface area contributed by atoms with Crippen LogP contribution in [0.15, 0.2) is 48.3 Å². The number of nitrogens with one attached hydrogen (secondary N) is 3. The van der Waals surface area contributed by atoms with Crippen LogP contribution in [0.25, 0.3) is 0 Å². The zero-order chi connectivity index (χ0) is 29.0. The monoisotopic (exact) mass is 582 g/mol. The fourth-order valence-corrected chi connectivity index (χ4v) is 6.28. The van der Waals surface area contributed by atoms with Gasteiger partial charge in [-0.3, -0.25) is 4.90 Å². The molecule has 2 unspecified atom stereocenters. The van der Waals surface area contributed by atoms with Crippen molar-refractivity contribution < 1.29 is 17.9 Å². The molecule has 41 heavy (non-hydrogen) atoms. The van der Waals surface area contributed by atoms with Crippen molar-refractivity contribution in [2.24, 2.45) is 5.92 Å². The molecule has 0 amide bonds. The van der Waals surface area contributed by atoms with Crippen LogP contribution in [-0.4, -0.2) is 73.6 Å². The van der Waals surface area contributed by atoms with E-state index in [2.05, 4.69) is 51.2 Å². The Morgan fingerprint density at radius 3 is 2.63 bits per heavy atom. The molecular formula is C30H42N6O4S. The van der Waals surface area contributed by atoms with E-state index in [9.17, 15) is 8.42 Å². The lowest BCUT2D eigenvalue weighted by atomic mass is 9.85. The second-order valence-corrected chi connectivity index (χ2v) is 13.5. The average Bonchev–Trinajstić information content (AvgIpc) is 3.80. The summed E-state index contributed by atoms with van der Waals surface area (Å²) in [6.45, 7) is 13.6. The molecule has 1 aromatic heterocycles. The number of aromatic nitrogens is 2. The molecule has 1 saturated carbocycles. The van der Waals surface area contributed by atoms with E-state index in [4.69, 9.17) is 14.5 Å². The van der Waals surface area contributed by atoms with Gasteiger partial charge in [0.15, 0.2) is 0 Å². The molecule has 0 spiro atoms. The Kier molecular flexibility index (Phi) is 9.10. The van der Waals surface area contributed by atoms with Gasteiger partial charge in [0, 0.05) is 55.2 Å². The molecule has 3 N–H and O–H groups in total. The highest BCUT2D eigenvalue weighted by atomic mass is 32.2. The Morgan fingerprint density at radius 2 is 1.93 bits per heavy atom. The van der Waals surface area contributed by atoms with Crippen molar-refractivity contribution in [2.75, 3.05) is 50.1 Å². The molecule has 0 bridgehead atoms. The Hall–Kier alpha value is -2.83. The number of allylic oxidation sites excluding steroid dienone is 1. The van der Waals surface area contributed by atoms with Crippen molar-refractivity contribution in [2.45, 2.75) is 57.9 Å². The summed E-state index contributed by atoms with van der Waals surface area (Å²) in [5, 5.41) is 6.54. The third-order valence-corrected chi connectivity index (χ3v) is 9.96. The molecule has 1 aromatic carbocycles. The van der Waals surface area contributed by atoms with Crippen LogP contribution in [0.4, 0.5) is 17.5 Å². The number of anilines is 3. The zero-order valence-electron chi connectivity index (χ0n) is 24.4. The molecule has 2 heterocycles. The SMILES string of the molecule is Cc1cc(CNS(=O)(=O)C2CC2)ccc1Nc1nc(NC2=CC(C)C(C)(OCCN3CCOCC3)C=C2)ncc1C. The molecule has 2 atom stereocenters. The fraction of sp³-hybridized carbons (Fsp3) is 0.533. The average molecular weight is 583 g/mol. The second kappa shape index (κ2) is 12.6. The first kappa shape index (κ1) is 29.7. The second-order valence-electron chi connectivity index (χ2n) is 11.4. The van der Waals surface area contributed by atoms with Gasteiger partial charge < -0.3 is 20.1 Å². The normalized spacial score (nSPS) is 23.3. The van der Waals surface area contributed by atoms with Gasteiger partial charge in [0.25, 0.3) is 0 Å². The predicted molar refractivity (Wildman–Crippen MR) is 162 cm³/mol. The molecule has 11 heteroatoms. The van der Waals surface area contributed by atoms with Crippen molar-refractivity contribution in [3.05, 3.63) is 65.0 Å². The Balaban J connectivity index is 1.17. The predicted octanol–water partition coefficient (Wildman–Crippen LogP) is 4.03. The van der Waals surface area contributed by atoms with Crippen LogP contribution < -0.4 is 15.4 Å². The van der Waals surface area contributed by atoms with Crippen LogP contribution in [0.5, 0.6) is 0 Å². The molecule has 2 aliphatic carbocycles. The number of aryl methyl sites for hydroxylation is 2. The molecule has 1 aliphatic heterocycles. The Morgan fingerprint density at radius 1 is 1.15 bits per heavy atom. The third kappa shape index (κ3) is 7.72. The highest BCUT2D eigenvalue weighted by molar-refractivity contribution is 7.90. The van der Waals surface area contributed by atoms with Gasteiger partial charge in [-0.25, -0.2) is 18.1 Å². The summed E-state index contributed by atoms with van der Waals surface area (Å²) in [5.41, 5.74) is 4.29. The van der Waals surface area contributed by atoms with E-state index in [1.165, 1.54) is 0 Å². The van der Waals surface area contributed by atoms with Crippen molar-refractivity contribution in [1.82, 2.24) is 19.6 Å². The number of benzene rings is 1. The minimum atomic E-state index is -3.21.